The molecular weight excluding hydrogens is 501 g/mol. The van der Waals surface area contributed by atoms with Gasteiger partial charge in [-0.2, -0.15) is 13.2 Å². The van der Waals surface area contributed by atoms with Gasteiger partial charge in [0.05, 0.1) is 16.0 Å². The molecular formula is C28H27F3N2O3S. The number of nitrogens with zero attached hydrogens (tertiary/aromatic N) is 2. The van der Waals surface area contributed by atoms with Crippen molar-refractivity contribution in [2.75, 3.05) is 6.54 Å². The Morgan fingerprint density at radius 1 is 1.11 bits per heavy atom. The highest BCUT2D eigenvalue weighted by Gasteiger charge is 2.39. The van der Waals surface area contributed by atoms with Gasteiger partial charge in [0.15, 0.2) is 0 Å². The lowest BCUT2D eigenvalue weighted by molar-refractivity contribution is -0.137. The van der Waals surface area contributed by atoms with Crippen molar-refractivity contribution in [3.05, 3.63) is 82.2 Å². The summed E-state index contributed by atoms with van der Waals surface area (Å²) in [6.45, 7) is 2.55. The second-order valence-electron chi connectivity index (χ2n) is 10.4. The van der Waals surface area contributed by atoms with Crippen molar-refractivity contribution in [2.24, 2.45) is 5.92 Å². The zero-order valence-electron chi connectivity index (χ0n) is 20.3. The standard InChI is InChI=1S/C28H27F3N2O3S/c1-16-13-18-7-8-19(28(29,30)31)14-25(18)37(36)33(15-16)24-10-9-21-20(24)3-2-4-23(21)32-12-11-22(27(34)35)26(32)17-5-6-17/h2-4,7-8,11-12,14,16-17,24H,5-6,9-10,13,15H2,1H3,(H,34,35)/t16-,24?,37?/m0/s1. The maximum Gasteiger partial charge on any atom is 0.416 e. The number of aromatic carboxylic acids is 1. The summed E-state index contributed by atoms with van der Waals surface area (Å²) >= 11 is 0. The SMILES string of the molecule is C[C@H]1Cc2ccc(C(F)(F)F)cc2S(=O)N(C2CCc3c2cccc3-n2ccc(C(=O)O)c2C2CC2)C1. The third-order valence-corrected chi connectivity index (χ3v) is 9.38. The van der Waals surface area contributed by atoms with Gasteiger partial charge in [-0.15, -0.1) is 0 Å². The van der Waals surface area contributed by atoms with E-state index < -0.39 is 28.7 Å². The molecule has 0 amide bonds. The minimum absolute atomic E-state index is 0.123. The monoisotopic (exact) mass is 528 g/mol. The Balaban J connectivity index is 1.40. The largest absolute Gasteiger partial charge is 0.478 e. The van der Waals surface area contributed by atoms with Crippen LogP contribution in [0.1, 0.15) is 76.5 Å². The Bertz CT molecular complexity index is 1430. The first kappa shape index (κ1) is 24.4. The molecule has 1 aliphatic heterocycles. The van der Waals surface area contributed by atoms with Crippen LogP contribution in [0.4, 0.5) is 13.2 Å². The molecule has 0 spiro atoms. The molecule has 0 radical (unpaired) electrons. The summed E-state index contributed by atoms with van der Waals surface area (Å²) in [7, 11) is -1.74. The molecule has 194 valence electrons. The fraction of sp³-hybridized carbons (Fsp3) is 0.393. The maximum atomic E-state index is 13.8. The highest BCUT2D eigenvalue weighted by Crippen LogP contribution is 2.46. The van der Waals surface area contributed by atoms with Crippen molar-refractivity contribution in [1.82, 2.24) is 8.87 Å². The molecule has 0 saturated heterocycles. The smallest absolute Gasteiger partial charge is 0.416 e. The highest BCUT2D eigenvalue weighted by molar-refractivity contribution is 7.82. The average Bonchev–Trinajstić information content (AvgIpc) is 3.47. The Labute approximate surface area is 215 Å². The quantitative estimate of drug-likeness (QED) is 0.434. The zero-order valence-corrected chi connectivity index (χ0v) is 21.1. The molecule has 1 N–H and O–H groups in total. The molecule has 2 unspecified atom stereocenters. The van der Waals surface area contributed by atoms with E-state index in [1.165, 1.54) is 6.07 Å². The molecule has 2 aromatic carbocycles. The van der Waals surface area contributed by atoms with Gasteiger partial charge in [0.2, 0.25) is 0 Å². The molecule has 1 aromatic heterocycles. The van der Waals surface area contributed by atoms with Gasteiger partial charge in [-0.3, -0.25) is 0 Å². The third kappa shape index (κ3) is 4.22. The van der Waals surface area contributed by atoms with E-state index in [1.54, 1.807) is 6.07 Å². The van der Waals surface area contributed by atoms with E-state index in [1.807, 2.05) is 40.2 Å². The van der Waals surface area contributed by atoms with Crippen LogP contribution >= 0.6 is 0 Å². The van der Waals surface area contributed by atoms with E-state index >= 15 is 0 Å². The number of carboxylic acids is 1. The van der Waals surface area contributed by atoms with E-state index in [0.29, 0.717) is 30.5 Å². The second kappa shape index (κ2) is 8.84. The minimum Gasteiger partial charge on any atom is -0.478 e. The van der Waals surface area contributed by atoms with Crippen molar-refractivity contribution >= 4 is 17.0 Å². The molecule has 1 fully saturated rings. The van der Waals surface area contributed by atoms with Crippen LogP contribution in [0.3, 0.4) is 0 Å². The van der Waals surface area contributed by atoms with Gasteiger partial charge in [-0.25, -0.2) is 13.3 Å². The molecule has 3 atom stereocenters. The zero-order chi connectivity index (χ0) is 26.1. The first-order chi connectivity index (χ1) is 17.6. The van der Waals surface area contributed by atoms with E-state index in [-0.39, 0.29) is 22.8 Å². The van der Waals surface area contributed by atoms with E-state index in [2.05, 4.69) is 0 Å². The van der Waals surface area contributed by atoms with Crippen molar-refractivity contribution in [3.8, 4) is 5.69 Å². The first-order valence-corrected chi connectivity index (χ1v) is 13.7. The normalized spacial score (nSPS) is 23.9. The lowest BCUT2D eigenvalue weighted by atomic mass is 9.99. The molecule has 1 saturated carbocycles. The van der Waals surface area contributed by atoms with Crippen LogP contribution in [-0.4, -0.2) is 30.7 Å². The number of hydrogen-bond acceptors (Lipinski definition) is 2. The number of benzene rings is 2. The van der Waals surface area contributed by atoms with Crippen LogP contribution in [0.25, 0.3) is 5.69 Å². The second-order valence-corrected chi connectivity index (χ2v) is 11.8. The predicted octanol–water partition coefficient (Wildman–Crippen LogP) is 6.28. The number of halogens is 3. The Kier molecular flexibility index (Phi) is 5.84. The number of fused-ring (bicyclic) bond motifs is 2. The molecule has 3 aromatic rings. The lowest BCUT2D eigenvalue weighted by Gasteiger charge is -2.29. The van der Waals surface area contributed by atoms with Crippen molar-refractivity contribution in [2.45, 2.75) is 62.1 Å². The topological polar surface area (TPSA) is 62.5 Å². The summed E-state index contributed by atoms with van der Waals surface area (Å²) in [5.74, 6) is -0.581. The van der Waals surface area contributed by atoms with Gasteiger partial charge < -0.3 is 9.67 Å². The van der Waals surface area contributed by atoms with Crippen LogP contribution < -0.4 is 0 Å². The maximum absolute atomic E-state index is 13.8. The predicted molar refractivity (Wildman–Crippen MR) is 133 cm³/mol. The van der Waals surface area contributed by atoms with E-state index in [0.717, 1.165) is 53.9 Å². The number of rotatable bonds is 4. The van der Waals surface area contributed by atoms with Crippen molar-refractivity contribution < 1.29 is 27.3 Å². The first-order valence-electron chi connectivity index (χ1n) is 12.6. The molecule has 9 heteroatoms. The van der Waals surface area contributed by atoms with Crippen LogP contribution in [0, 0.1) is 5.92 Å². The fourth-order valence-electron chi connectivity index (χ4n) is 5.99. The van der Waals surface area contributed by atoms with Crippen molar-refractivity contribution in [1.29, 1.82) is 0 Å². The number of carboxylic acid groups (broad SMARTS) is 1. The minimum atomic E-state index is -4.50. The number of aromatic nitrogens is 1. The van der Waals surface area contributed by atoms with Gasteiger partial charge in [0.1, 0.15) is 11.0 Å². The van der Waals surface area contributed by atoms with Crippen LogP contribution in [0.2, 0.25) is 0 Å². The van der Waals surface area contributed by atoms with E-state index in [9.17, 15) is 27.3 Å². The Hall–Kier alpha value is -2.91. The molecule has 6 rings (SSSR count). The summed E-state index contributed by atoms with van der Waals surface area (Å²) < 4.78 is 58.1. The summed E-state index contributed by atoms with van der Waals surface area (Å²) in [5.41, 5.74) is 4.11. The van der Waals surface area contributed by atoms with Gasteiger partial charge >= 0.3 is 12.1 Å². The van der Waals surface area contributed by atoms with Crippen molar-refractivity contribution in [3.63, 3.8) is 0 Å². The molecule has 0 bridgehead atoms. The van der Waals surface area contributed by atoms with Gasteiger partial charge in [0.25, 0.3) is 0 Å². The number of hydrogen-bond donors (Lipinski definition) is 1. The number of carbonyl (C=O) groups is 1. The van der Waals surface area contributed by atoms with Gasteiger partial charge in [-0.05, 0) is 79.0 Å². The molecule has 5 nitrogen and oxygen atoms in total. The Morgan fingerprint density at radius 2 is 1.89 bits per heavy atom. The summed E-state index contributed by atoms with van der Waals surface area (Å²) in [6, 6.07) is 11.0. The fourth-order valence-corrected chi connectivity index (χ4v) is 7.69. The van der Waals surface area contributed by atoms with Gasteiger partial charge in [-0.1, -0.05) is 25.1 Å². The van der Waals surface area contributed by atoms with Gasteiger partial charge in [0, 0.05) is 36.1 Å². The highest BCUT2D eigenvalue weighted by atomic mass is 32.2. The summed E-state index contributed by atoms with van der Waals surface area (Å²) in [6.07, 6.45) is 1.24. The number of alkyl halides is 3. The third-order valence-electron chi connectivity index (χ3n) is 7.80. The lowest BCUT2D eigenvalue weighted by Crippen LogP contribution is -2.32. The average molecular weight is 529 g/mol. The molecule has 2 heterocycles. The van der Waals surface area contributed by atoms with E-state index in [4.69, 9.17) is 0 Å². The van der Waals surface area contributed by atoms with Crippen LogP contribution in [-0.2, 0) is 30.0 Å². The molecule has 3 aliphatic rings. The summed E-state index contributed by atoms with van der Waals surface area (Å²) in [4.78, 5) is 12.1. The Morgan fingerprint density at radius 3 is 2.59 bits per heavy atom. The molecule has 2 aliphatic carbocycles. The van der Waals surface area contributed by atoms with Crippen LogP contribution in [0.15, 0.2) is 53.6 Å². The summed E-state index contributed by atoms with van der Waals surface area (Å²) in [5, 5.41) is 9.71. The van der Waals surface area contributed by atoms with Crippen LogP contribution in [0.5, 0.6) is 0 Å². The molecule has 37 heavy (non-hydrogen) atoms.